The zero-order chi connectivity index (χ0) is 20.2. The lowest BCUT2D eigenvalue weighted by atomic mass is 9.89. The van der Waals surface area contributed by atoms with Crippen LogP contribution in [0.1, 0.15) is 44.2 Å². The molecule has 3 atom stereocenters. The minimum Gasteiger partial charge on any atom is -0.494 e. The fourth-order valence-electron chi connectivity index (χ4n) is 4.55. The molecule has 2 aromatic rings. The summed E-state index contributed by atoms with van der Waals surface area (Å²) in [4.78, 5) is 0.358. The Balaban J connectivity index is 1.60. The number of benzene rings is 2. The molecule has 1 saturated heterocycles. The van der Waals surface area contributed by atoms with Crippen LogP contribution >= 0.6 is 0 Å². The number of nitrogens with one attached hydrogen (secondary N) is 2. The van der Waals surface area contributed by atoms with Gasteiger partial charge in [-0.25, -0.2) is 0 Å². The number of methoxy groups -OCH3 is 1. The Labute approximate surface area is 168 Å². The van der Waals surface area contributed by atoms with Gasteiger partial charge in [0, 0.05) is 18.5 Å². The Morgan fingerprint density at radius 3 is 2.43 bits per heavy atom. The van der Waals surface area contributed by atoms with Gasteiger partial charge in [-0.3, -0.25) is 0 Å². The first kappa shape index (κ1) is 19.4. The third-order valence-corrected chi connectivity index (χ3v) is 7.94. The number of anilines is 1. The van der Waals surface area contributed by atoms with Crippen LogP contribution in [-0.4, -0.2) is 24.8 Å². The lowest BCUT2D eigenvalue weighted by Gasteiger charge is -2.18. The van der Waals surface area contributed by atoms with Crippen molar-refractivity contribution < 1.29 is 13.5 Å². The Morgan fingerprint density at radius 2 is 1.89 bits per heavy atom. The van der Waals surface area contributed by atoms with Crippen LogP contribution < -0.4 is 14.8 Å². The maximum atomic E-state index is 12.9. The Kier molecular flexibility index (Phi) is 4.56. The molecule has 4 rings (SSSR count). The Hall–Kier alpha value is -1.89. The summed E-state index contributed by atoms with van der Waals surface area (Å²) in [5.41, 5.74) is 3.35. The van der Waals surface area contributed by atoms with Gasteiger partial charge in [0.25, 0.3) is 0 Å². The lowest BCUT2D eigenvalue weighted by Crippen LogP contribution is -2.22. The smallest absolute Gasteiger partial charge is 0.346 e. The van der Waals surface area contributed by atoms with Crippen molar-refractivity contribution >= 4 is 16.1 Å². The maximum absolute atomic E-state index is 12.9. The van der Waals surface area contributed by atoms with Crippen molar-refractivity contribution in [3.05, 3.63) is 53.6 Å². The summed E-state index contributed by atoms with van der Waals surface area (Å²) in [7, 11) is -1.83. The summed E-state index contributed by atoms with van der Waals surface area (Å²) >= 11 is 0. The van der Waals surface area contributed by atoms with E-state index in [0.717, 1.165) is 18.7 Å². The van der Waals surface area contributed by atoms with Crippen LogP contribution in [0.15, 0.2) is 47.4 Å². The minimum atomic E-state index is -3.43. The molecule has 28 heavy (non-hydrogen) atoms. The molecule has 2 unspecified atom stereocenters. The third kappa shape index (κ3) is 3.04. The summed E-state index contributed by atoms with van der Waals surface area (Å²) in [5, 5.41) is 3.48. The van der Waals surface area contributed by atoms with E-state index in [1.165, 1.54) is 12.0 Å². The molecule has 150 valence electrons. The lowest BCUT2D eigenvalue weighted by molar-refractivity contribution is 0.415. The molecular formula is C22H29N2O3S+. The number of piperidine rings is 1. The summed E-state index contributed by atoms with van der Waals surface area (Å²) in [5.74, 6) is 0.968. The van der Waals surface area contributed by atoms with Crippen LogP contribution in [0.2, 0.25) is 0 Å². The molecule has 1 aliphatic heterocycles. The van der Waals surface area contributed by atoms with Crippen LogP contribution in [0, 0.1) is 5.41 Å². The average molecular weight is 402 g/mol. The van der Waals surface area contributed by atoms with E-state index in [-0.39, 0.29) is 5.41 Å². The third-order valence-electron chi connectivity index (χ3n) is 6.53. The van der Waals surface area contributed by atoms with E-state index in [1.54, 1.807) is 19.2 Å². The quantitative estimate of drug-likeness (QED) is 0.627. The highest BCUT2D eigenvalue weighted by molar-refractivity contribution is 7.99. The second-order valence-electron chi connectivity index (χ2n) is 8.69. The van der Waals surface area contributed by atoms with E-state index in [9.17, 15) is 8.76 Å². The van der Waals surface area contributed by atoms with E-state index >= 15 is 0 Å². The Morgan fingerprint density at radius 1 is 1.18 bits per heavy atom. The molecule has 0 amide bonds. The average Bonchev–Trinajstić information content (AvgIpc) is 3.13. The van der Waals surface area contributed by atoms with Crippen LogP contribution in [0.5, 0.6) is 5.75 Å². The molecule has 1 aliphatic carbocycles. The van der Waals surface area contributed by atoms with E-state index < -0.39 is 10.4 Å². The molecule has 0 aromatic heterocycles. The summed E-state index contributed by atoms with van der Waals surface area (Å²) < 4.78 is 31.9. The number of hydrogen-bond acceptors (Lipinski definition) is 3. The van der Waals surface area contributed by atoms with Crippen LogP contribution in [-0.2, 0) is 20.0 Å². The van der Waals surface area contributed by atoms with E-state index in [0.29, 0.717) is 27.7 Å². The van der Waals surface area contributed by atoms with E-state index in [4.69, 9.17) is 4.74 Å². The molecule has 2 fully saturated rings. The number of ether oxygens (including phenoxy) is 1. The fraction of sp³-hybridized carbons (Fsp3) is 0.455. The highest BCUT2D eigenvalue weighted by Crippen LogP contribution is 2.66. The van der Waals surface area contributed by atoms with Gasteiger partial charge in [0.15, 0.2) is 0 Å². The van der Waals surface area contributed by atoms with Gasteiger partial charge in [-0.2, -0.15) is 9.27 Å². The van der Waals surface area contributed by atoms with Gasteiger partial charge < -0.3 is 10.1 Å². The van der Waals surface area contributed by atoms with Gasteiger partial charge in [0.2, 0.25) is 4.90 Å². The second-order valence-corrected chi connectivity index (χ2v) is 10.4. The molecule has 0 bridgehead atoms. The van der Waals surface area contributed by atoms with Gasteiger partial charge in [-0.1, -0.05) is 39.0 Å². The number of fused-ring (bicyclic) bond motifs is 1. The zero-order valence-corrected chi connectivity index (χ0v) is 17.7. The molecule has 2 aliphatic rings. The SMILES string of the molecule is COc1cc([C@]23CNCC2(C)C3)ccc1N[S+](=O)(O)c1ccc(C(C)C)cc1. The van der Waals surface area contributed by atoms with Gasteiger partial charge in [0.05, 0.1) is 7.11 Å². The molecule has 0 radical (unpaired) electrons. The zero-order valence-electron chi connectivity index (χ0n) is 16.9. The molecule has 2 aromatic carbocycles. The fourth-order valence-corrected chi connectivity index (χ4v) is 5.64. The first-order valence-electron chi connectivity index (χ1n) is 9.74. The number of hydrogen-bond donors (Lipinski definition) is 3. The van der Waals surface area contributed by atoms with E-state index in [1.807, 2.05) is 24.3 Å². The molecule has 6 heteroatoms. The van der Waals surface area contributed by atoms with Crippen molar-refractivity contribution in [2.45, 2.75) is 43.4 Å². The highest BCUT2D eigenvalue weighted by atomic mass is 32.3. The molecule has 5 nitrogen and oxygen atoms in total. The molecular weight excluding hydrogens is 372 g/mol. The second kappa shape index (κ2) is 6.58. The van der Waals surface area contributed by atoms with Gasteiger partial charge in [-0.15, -0.1) is 0 Å². The van der Waals surface area contributed by atoms with Crippen LogP contribution in [0.3, 0.4) is 0 Å². The summed E-state index contributed by atoms with van der Waals surface area (Å²) in [6.45, 7) is 8.51. The van der Waals surface area contributed by atoms with Crippen molar-refractivity contribution in [2.75, 3.05) is 24.9 Å². The molecule has 3 N–H and O–H groups in total. The predicted molar refractivity (Wildman–Crippen MR) is 113 cm³/mol. The Bertz CT molecular complexity index is 939. The van der Waals surface area contributed by atoms with Crippen LogP contribution in [0.4, 0.5) is 5.69 Å². The van der Waals surface area contributed by atoms with Gasteiger partial charge in [0.1, 0.15) is 11.4 Å². The van der Waals surface area contributed by atoms with Crippen molar-refractivity contribution in [1.29, 1.82) is 0 Å². The first-order valence-corrected chi connectivity index (χ1v) is 11.3. The minimum absolute atomic E-state index is 0.159. The summed E-state index contributed by atoms with van der Waals surface area (Å²) in [6.07, 6.45) is 1.17. The van der Waals surface area contributed by atoms with Crippen molar-refractivity contribution in [1.82, 2.24) is 5.32 Å². The first-order chi connectivity index (χ1) is 13.2. The predicted octanol–water partition coefficient (Wildman–Crippen LogP) is 4.43. The maximum Gasteiger partial charge on any atom is 0.346 e. The molecule has 1 saturated carbocycles. The number of rotatable bonds is 6. The van der Waals surface area contributed by atoms with Crippen LogP contribution in [0.25, 0.3) is 0 Å². The summed E-state index contributed by atoms with van der Waals surface area (Å²) in [6, 6.07) is 13.2. The standard InChI is InChI=1S/C22H28N2O3S/c1-15(2)16-5-8-18(9-6-16)28(25,26)24-19-10-7-17(11-20(19)27-4)22-12-21(22,3)13-23-14-22/h5-11,15,23H,12-14H2,1-4H3,(H-,24,25,26)/p+1/t21?,22-/m0/s1. The van der Waals surface area contributed by atoms with Crippen molar-refractivity contribution in [3.63, 3.8) is 0 Å². The highest BCUT2D eigenvalue weighted by Gasteiger charge is 2.67. The molecule has 0 spiro atoms. The van der Waals surface area contributed by atoms with Gasteiger partial charge >= 0.3 is 10.4 Å². The van der Waals surface area contributed by atoms with Crippen molar-refractivity contribution in [3.8, 4) is 5.75 Å². The normalized spacial score (nSPS) is 27.9. The molecule has 1 heterocycles. The topological polar surface area (TPSA) is 70.6 Å². The monoisotopic (exact) mass is 401 g/mol. The van der Waals surface area contributed by atoms with Gasteiger partial charge in [-0.05, 0) is 57.4 Å². The largest absolute Gasteiger partial charge is 0.494 e. The van der Waals surface area contributed by atoms with E-state index in [2.05, 4.69) is 36.9 Å². The van der Waals surface area contributed by atoms with Crippen molar-refractivity contribution in [2.24, 2.45) is 5.41 Å².